The van der Waals surface area contributed by atoms with Gasteiger partial charge in [-0.2, -0.15) is 4.57 Å². The Labute approximate surface area is 159 Å². The fourth-order valence-electron chi connectivity index (χ4n) is 4.03. The SMILES string of the molecule is Cc1ccc2c(oc3ccccc32)c1-c1c2nc3ccsn3c2cc[n+]1C. The van der Waals surface area contributed by atoms with E-state index < -0.39 is 0 Å². The summed E-state index contributed by atoms with van der Waals surface area (Å²) in [6, 6.07) is 16.7. The van der Waals surface area contributed by atoms with Gasteiger partial charge >= 0.3 is 0 Å². The number of pyridine rings is 1. The van der Waals surface area contributed by atoms with Crippen molar-refractivity contribution in [1.29, 1.82) is 0 Å². The van der Waals surface area contributed by atoms with E-state index in [2.05, 4.69) is 70.3 Å². The van der Waals surface area contributed by atoms with Gasteiger partial charge in [0.15, 0.2) is 11.7 Å². The van der Waals surface area contributed by atoms with Crippen LogP contribution in [0.15, 0.2) is 64.5 Å². The van der Waals surface area contributed by atoms with Crippen LogP contribution < -0.4 is 4.57 Å². The second-order valence-corrected chi connectivity index (χ2v) is 7.76. The smallest absolute Gasteiger partial charge is 0.244 e. The minimum absolute atomic E-state index is 0.917. The minimum Gasteiger partial charge on any atom is -0.455 e. The molecule has 130 valence electrons. The van der Waals surface area contributed by atoms with Crippen LogP contribution in [-0.2, 0) is 7.05 Å². The molecule has 4 aromatic heterocycles. The average Bonchev–Trinajstić information content (AvgIpc) is 3.35. The van der Waals surface area contributed by atoms with Crippen LogP contribution in [0.4, 0.5) is 0 Å². The van der Waals surface area contributed by atoms with E-state index in [1.54, 1.807) is 11.5 Å². The molecule has 0 bridgehead atoms. The summed E-state index contributed by atoms with van der Waals surface area (Å²) in [6.45, 7) is 2.14. The molecule has 4 nitrogen and oxygen atoms in total. The molecule has 2 aromatic carbocycles. The normalized spacial score (nSPS) is 12.1. The first-order valence-electron chi connectivity index (χ1n) is 8.88. The molecule has 27 heavy (non-hydrogen) atoms. The fraction of sp³-hybridized carbons (Fsp3) is 0.0909. The standard InChI is InChI=1S/C22H16N3OS/c1-13-7-8-15-14-5-3-4-6-17(14)26-22(15)19(13)21-20-16(9-11-24(21)2)25-18(23-20)10-12-27-25/h3-12H,1-2H3/q+1. The van der Waals surface area contributed by atoms with E-state index in [1.165, 1.54) is 5.56 Å². The lowest BCUT2D eigenvalue weighted by Gasteiger charge is -2.06. The number of nitrogens with zero attached hydrogens (tertiary/aromatic N) is 3. The Balaban J connectivity index is 1.82. The molecule has 0 atom stereocenters. The highest BCUT2D eigenvalue weighted by molar-refractivity contribution is 7.05. The lowest BCUT2D eigenvalue weighted by atomic mass is 10.00. The summed E-state index contributed by atoms with van der Waals surface area (Å²) in [5.74, 6) is 0. The van der Waals surface area contributed by atoms with E-state index in [0.717, 1.165) is 49.9 Å². The van der Waals surface area contributed by atoms with Crippen LogP contribution in [0, 0.1) is 6.92 Å². The van der Waals surface area contributed by atoms with E-state index in [1.807, 2.05) is 12.1 Å². The summed E-state index contributed by atoms with van der Waals surface area (Å²) in [5.41, 5.74) is 8.34. The van der Waals surface area contributed by atoms with Gasteiger partial charge in [-0.1, -0.05) is 41.9 Å². The zero-order valence-corrected chi connectivity index (χ0v) is 15.7. The van der Waals surface area contributed by atoms with Crippen molar-refractivity contribution in [3.05, 3.63) is 65.7 Å². The number of benzene rings is 2. The molecule has 6 aromatic rings. The van der Waals surface area contributed by atoms with Crippen LogP contribution >= 0.6 is 11.5 Å². The van der Waals surface area contributed by atoms with E-state index in [0.29, 0.717) is 0 Å². The number of aromatic nitrogens is 3. The number of fused-ring (bicyclic) bond motifs is 6. The van der Waals surface area contributed by atoms with E-state index in [4.69, 9.17) is 9.40 Å². The first-order valence-corrected chi connectivity index (χ1v) is 9.72. The van der Waals surface area contributed by atoms with Crippen LogP contribution in [0.25, 0.3) is 49.9 Å². The summed E-state index contributed by atoms with van der Waals surface area (Å²) < 4.78 is 10.7. The lowest BCUT2D eigenvalue weighted by molar-refractivity contribution is -0.659. The molecular formula is C22H16N3OS+. The molecule has 0 aliphatic rings. The third kappa shape index (κ3) is 1.92. The molecule has 0 N–H and O–H groups in total. The van der Waals surface area contributed by atoms with E-state index in [9.17, 15) is 0 Å². The van der Waals surface area contributed by atoms with Gasteiger partial charge in [0.05, 0.1) is 11.1 Å². The van der Waals surface area contributed by atoms with Crippen molar-refractivity contribution in [3.8, 4) is 11.3 Å². The Bertz CT molecular complexity index is 1500. The Kier molecular flexibility index (Phi) is 2.86. The monoisotopic (exact) mass is 370 g/mol. The number of hydrogen-bond donors (Lipinski definition) is 0. The number of furan rings is 1. The average molecular weight is 370 g/mol. The molecule has 0 radical (unpaired) electrons. The highest BCUT2D eigenvalue weighted by Gasteiger charge is 2.25. The second-order valence-electron chi connectivity index (χ2n) is 6.91. The molecule has 0 spiro atoms. The molecule has 0 aliphatic carbocycles. The molecule has 4 heterocycles. The fourth-order valence-corrected chi connectivity index (χ4v) is 4.80. The quantitative estimate of drug-likeness (QED) is 0.371. The number of rotatable bonds is 1. The number of hydrogen-bond acceptors (Lipinski definition) is 3. The van der Waals surface area contributed by atoms with Crippen molar-refractivity contribution in [1.82, 2.24) is 8.77 Å². The van der Waals surface area contributed by atoms with Crippen molar-refractivity contribution in [2.24, 2.45) is 7.05 Å². The highest BCUT2D eigenvalue weighted by atomic mass is 32.1. The zero-order chi connectivity index (χ0) is 18.1. The first-order chi connectivity index (χ1) is 13.2. The van der Waals surface area contributed by atoms with Crippen molar-refractivity contribution < 1.29 is 8.98 Å². The Hall–Kier alpha value is -3.18. The Morgan fingerprint density at radius 2 is 1.93 bits per heavy atom. The van der Waals surface area contributed by atoms with Crippen LogP contribution in [0.3, 0.4) is 0 Å². The molecular weight excluding hydrogens is 354 g/mol. The van der Waals surface area contributed by atoms with Crippen molar-refractivity contribution >= 4 is 50.2 Å². The Morgan fingerprint density at radius 3 is 2.85 bits per heavy atom. The van der Waals surface area contributed by atoms with Gasteiger partial charge in [-0.05, 0) is 24.6 Å². The molecule has 5 heteroatoms. The van der Waals surface area contributed by atoms with Crippen LogP contribution in [0.1, 0.15) is 5.56 Å². The molecule has 0 unspecified atom stereocenters. The summed E-state index contributed by atoms with van der Waals surface area (Å²) in [4.78, 5) is 4.93. The molecule has 0 aliphatic heterocycles. The van der Waals surface area contributed by atoms with Gasteiger partial charge in [-0.25, -0.2) is 8.77 Å². The van der Waals surface area contributed by atoms with Gasteiger partial charge in [-0.3, -0.25) is 0 Å². The summed E-state index contributed by atoms with van der Waals surface area (Å²) in [7, 11) is 2.07. The largest absolute Gasteiger partial charge is 0.455 e. The van der Waals surface area contributed by atoms with Gasteiger partial charge in [-0.15, -0.1) is 0 Å². The van der Waals surface area contributed by atoms with Crippen LogP contribution in [0.5, 0.6) is 0 Å². The van der Waals surface area contributed by atoms with Crippen molar-refractivity contribution in [2.45, 2.75) is 6.92 Å². The van der Waals surface area contributed by atoms with Crippen LogP contribution in [-0.4, -0.2) is 8.77 Å². The number of aryl methyl sites for hydroxylation is 2. The lowest BCUT2D eigenvalue weighted by Crippen LogP contribution is -2.30. The molecule has 6 rings (SSSR count). The van der Waals surface area contributed by atoms with E-state index in [-0.39, 0.29) is 0 Å². The molecule has 0 saturated carbocycles. The van der Waals surface area contributed by atoms with Gasteiger partial charge in [0, 0.05) is 22.2 Å². The third-order valence-corrected chi connectivity index (χ3v) is 6.16. The second kappa shape index (κ2) is 5.18. The maximum absolute atomic E-state index is 6.33. The topological polar surface area (TPSA) is 34.3 Å². The molecule has 0 fully saturated rings. The van der Waals surface area contributed by atoms with Crippen LogP contribution in [0.2, 0.25) is 0 Å². The Morgan fingerprint density at radius 1 is 1.04 bits per heavy atom. The zero-order valence-electron chi connectivity index (χ0n) is 14.9. The van der Waals surface area contributed by atoms with Gasteiger partial charge < -0.3 is 4.42 Å². The summed E-state index contributed by atoms with van der Waals surface area (Å²) in [6.07, 6.45) is 2.10. The third-order valence-electron chi connectivity index (χ3n) is 5.30. The van der Waals surface area contributed by atoms with Crippen molar-refractivity contribution in [3.63, 3.8) is 0 Å². The number of para-hydroxylation sites is 1. The van der Waals surface area contributed by atoms with Gasteiger partial charge in [0.1, 0.15) is 23.9 Å². The number of imidazole rings is 1. The minimum atomic E-state index is 0.917. The highest BCUT2D eigenvalue weighted by Crippen LogP contribution is 2.38. The summed E-state index contributed by atoms with van der Waals surface area (Å²) in [5, 5.41) is 4.36. The predicted molar refractivity (Wildman–Crippen MR) is 109 cm³/mol. The molecule has 0 amide bonds. The summed E-state index contributed by atoms with van der Waals surface area (Å²) >= 11 is 1.67. The maximum atomic E-state index is 6.33. The van der Waals surface area contributed by atoms with Crippen molar-refractivity contribution in [2.75, 3.05) is 0 Å². The van der Waals surface area contributed by atoms with E-state index >= 15 is 0 Å². The maximum Gasteiger partial charge on any atom is 0.244 e. The molecule has 0 saturated heterocycles. The van der Waals surface area contributed by atoms with Gasteiger partial charge in [0.25, 0.3) is 0 Å². The first kappa shape index (κ1) is 14.9. The predicted octanol–water partition coefficient (Wildman–Crippen LogP) is 5.25. The van der Waals surface area contributed by atoms with Gasteiger partial charge in [0.2, 0.25) is 5.69 Å².